The average molecular weight is 379 g/mol. The van der Waals surface area contributed by atoms with Gasteiger partial charge in [0, 0.05) is 3.57 Å². The van der Waals surface area contributed by atoms with Gasteiger partial charge in [-0.05, 0) is 52.9 Å². The van der Waals surface area contributed by atoms with Crippen LogP contribution in [0.2, 0.25) is 10.0 Å². The maximum absolute atomic E-state index is 6.13. The lowest BCUT2D eigenvalue weighted by Gasteiger charge is -2.11. The highest BCUT2D eigenvalue weighted by atomic mass is 127. The Hall–Kier alpha value is -0.650. The Morgan fingerprint density at radius 2 is 1.76 bits per heavy atom. The quantitative estimate of drug-likeness (QED) is 0.574. The fraction of sp³-hybridized carbons (Fsp3) is 0. The first kappa shape index (κ1) is 12.8. The number of anilines is 3. The van der Waals surface area contributed by atoms with Crippen LogP contribution >= 0.6 is 45.8 Å². The highest BCUT2D eigenvalue weighted by Crippen LogP contribution is 2.32. The summed E-state index contributed by atoms with van der Waals surface area (Å²) in [6, 6.07) is 11.2. The van der Waals surface area contributed by atoms with Crippen molar-refractivity contribution in [2.24, 2.45) is 0 Å². The molecule has 0 amide bonds. The molecule has 5 heteroatoms. The van der Waals surface area contributed by atoms with Gasteiger partial charge in [-0.3, -0.25) is 0 Å². The number of hydrogen-bond donors (Lipinski definition) is 2. The molecule has 88 valence electrons. The molecule has 0 bridgehead atoms. The van der Waals surface area contributed by atoms with Crippen LogP contribution in [-0.4, -0.2) is 0 Å². The van der Waals surface area contributed by atoms with Crippen LogP contribution in [0.25, 0.3) is 0 Å². The molecular formula is C12H9Cl2IN2. The summed E-state index contributed by atoms with van der Waals surface area (Å²) in [5.41, 5.74) is 7.95. The van der Waals surface area contributed by atoms with Crippen LogP contribution in [0, 0.1) is 3.57 Å². The fourth-order valence-electron chi connectivity index (χ4n) is 1.38. The van der Waals surface area contributed by atoms with Crippen molar-refractivity contribution in [2.45, 2.75) is 0 Å². The van der Waals surface area contributed by atoms with Crippen LogP contribution in [-0.2, 0) is 0 Å². The predicted octanol–water partition coefficient (Wildman–Crippen LogP) is 4.92. The molecule has 0 aliphatic rings. The van der Waals surface area contributed by atoms with Crippen molar-refractivity contribution in [3.63, 3.8) is 0 Å². The molecule has 0 atom stereocenters. The molecule has 2 aromatic rings. The molecule has 3 N–H and O–H groups in total. The summed E-state index contributed by atoms with van der Waals surface area (Å²) < 4.78 is 1.08. The Morgan fingerprint density at radius 1 is 1.00 bits per heavy atom. The van der Waals surface area contributed by atoms with Gasteiger partial charge in [-0.25, -0.2) is 0 Å². The van der Waals surface area contributed by atoms with E-state index in [0.717, 1.165) is 14.9 Å². The van der Waals surface area contributed by atoms with Crippen LogP contribution in [0.15, 0.2) is 36.4 Å². The van der Waals surface area contributed by atoms with Gasteiger partial charge in [0.05, 0.1) is 27.1 Å². The normalized spacial score (nSPS) is 10.3. The van der Waals surface area contributed by atoms with E-state index in [1.807, 2.05) is 30.3 Å². The summed E-state index contributed by atoms with van der Waals surface area (Å²) in [6.07, 6.45) is 0. The van der Waals surface area contributed by atoms with Gasteiger partial charge >= 0.3 is 0 Å². The zero-order valence-corrected chi connectivity index (χ0v) is 12.3. The second-order valence-corrected chi connectivity index (χ2v) is 5.51. The van der Waals surface area contributed by atoms with Gasteiger partial charge in [0.2, 0.25) is 0 Å². The molecule has 17 heavy (non-hydrogen) atoms. The van der Waals surface area contributed by atoms with E-state index in [0.29, 0.717) is 15.7 Å². The fourth-order valence-corrected chi connectivity index (χ4v) is 2.46. The van der Waals surface area contributed by atoms with Crippen molar-refractivity contribution in [2.75, 3.05) is 11.1 Å². The van der Waals surface area contributed by atoms with E-state index >= 15 is 0 Å². The Balaban J connectivity index is 2.35. The van der Waals surface area contributed by atoms with Crippen molar-refractivity contribution >= 4 is 62.9 Å². The zero-order valence-electron chi connectivity index (χ0n) is 8.68. The number of hydrogen-bond acceptors (Lipinski definition) is 2. The van der Waals surface area contributed by atoms with Gasteiger partial charge in [0.25, 0.3) is 0 Å². The molecule has 2 nitrogen and oxygen atoms in total. The highest BCUT2D eigenvalue weighted by Gasteiger charge is 2.06. The molecule has 0 fully saturated rings. The van der Waals surface area contributed by atoms with Crippen molar-refractivity contribution in [1.82, 2.24) is 0 Å². The first-order valence-electron chi connectivity index (χ1n) is 4.84. The number of nitrogens with two attached hydrogens (primary N) is 1. The smallest absolute Gasteiger partial charge is 0.0742 e. The molecule has 2 rings (SSSR count). The van der Waals surface area contributed by atoms with Crippen LogP contribution < -0.4 is 11.1 Å². The van der Waals surface area contributed by atoms with Crippen LogP contribution in [0.5, 0.6) is 0 Å². The first-order chi connectivity index (χ1) is 8.08. The van der Waals surface area contributed by atoms with Crippen molar-refractivity contribution in [1.29, 1.82) is 0 Å². The first-order valence-corrected chi connectivity index (χ1v) is 6.67. The maximum Gasteiger partial charge on any atom is 0.0742 e. The second-order valence-electron chi connectivity index (χ2n) is 3.45. The Labute approximate surface area is 123 Å². The molecule has 0 aliphatic heterocycles. The number of rotatable bonds is 2. The molecule has 0 spiro atoms. The molecule has 2 aromatic carbocycles. The number of halogens is 3. The molecule has 0 heterocycles. The maximum atomic E-state index is 6.13. The largest absolute Gasteiger partial charge is 0.396 e. The molecule has 0 saturated heterocycles. The van der Waals surface area contributed by atoms with Gasteiger partial charge < -0.3 is 11.1 Å². The number of benzene rings is 2. The van der Waals surface area contributed by atoms with Crippen LogP contribution in [0.4, 0.5) is 17.1 Å². The summed E-state index contributed by atoms with van der Waals surface area (Å²) in [5, 5.41) is 4.34. The monoisotopic (exact) mass is 378 g/mol. The zero-order chi connectivity index (χ0) is 12.4. The van der Waals surface area contributed by atoms with E-state index in [2.05, 4.69) is 27.9 Å². The average Bonchev–Trinajstić information content (AvgIpc) is 2.28. The predicted molar refractivity (Wildman–Crippen MR) is 83.3 cm³/mol. The number of para-hydroxylation sites is 1. The standard InChI is InChI=1S/C12H9Cl2IN2/c13-8-2-1-3-11(12(8)16)17-10-5-4-7(15)6-9(10)14/h1-6,17H,16H2. The Kier molecular flexibility index (Phi) is 4.01. The number of nitrogen functional groups attached to an aromatic ring is 1. The van der Waals surface area contributed by atoms with Crippen molar-refractivity contribution in [3.05, 3.63) is 50.0 Å². The van der Waals surface area contributed by atoms with E-state index in [1.54, 1.807) is 6.07 Å². The minimum absolute atomic E-state index is 0.517. The van der Waals surface area contributed by atoms with E-state index in [1.165, 1.54) is 0 Å². The van der Waals surface area contributed by atoms with E-state index < -0.39 is 0 Å². The van der Waals surface area contributed by atoms with Gasteiger partial charge in [-0.1, -0.05) is 29.3 Å². The lowest BCUT2D eigenvalue weighted by molar-refractivity contribution is 1.53. The van der Waals surface area contributed by atoms with Gasteiger partial charge in [0.1, 0.15) is 0 Å². The molecule has 0 saturated carbocycles. The van der Waals surface area contributed by atoms with Crippen LogP contribution in [0.3, 0.4) is 0 Å². The number of nitrogens with one attached hydrogen (secondary N) is 1. The second kappa shape index (κ2) is 5.33. The van der Waals surface area contributed by atoms with E-state index in [4.69, 9.17) is 28.9 Å². The summed E-state index contributed by atoms with van der Waals surface area (Å²) in [6.45, 7) is 0. The summed E-state index contributed by atoms with van der Waals surface area (Å²) >= 11 is 14.3. The lowest BCUT2D eigenvalue weighted by atomic mass is 10.2. The minimum atomic E-state index is 0.517. The third kappa shape index (κ3) is 2.97. The third-order valence-corrected chi connectivity index (χ3v) is 3.57. The van der Waals surface area contributed by atoms with Gasteiger partial charge in [0.15, 0.2) is 0 Å². The molecule has 0 aliphatic carbocycles. The lowest BCUT2D eigenvalue weighted by Crippen LogP contribution is -1.97. The van der Waals surface area contributed by atoms with E-state index in [9.17, 15) is 0 Å². The molecule has 0 unspecified atom stereocenters. The molecular weight excluding hydrogens is 370 g/mol. The van der Waals surface area contributed by atoms with Crippen LogP contribution in [0.1, 0.15) is 0 Å². The van der Waals surface area contributed by atoms with Gasteiger partial charge in [-0.15, -0.1) is 0 Å². The Bertz CT molecular complexity index is 558. The third-order valence-electron chi connectivity index (χ3n) is 2.25. The van der Waals surface area contributed by atoms with Gasteiger partial charge in [-0.2, -0.15) is 0 Å². The summed E-state index contributed by atoms with van der Waals surface area (Å²) in [7, 11) is 0. The summed E-state index contributed by atoms with van der Waals surface area (Å²) in [5.74, 6) is 0. The van der Waals surface area contributed by atoms with E-state index in [-0.39, 0.29) is 0 Å². The molecule has 0 aromatic heterocycles. The summed E-state index contributed by atoms with van der Waals surface area (Å²) in [4.78, 5) is 0. The topological polar surface area (TPSA) is 38.0 Å². The SMILES string of the molecule is Nc1c(Cl)cccc1Nc1ccc(I)cc1Cl. The Morgan fingerprint density at radius 3 is 2.47 bits per heavy atom. The van der Waals surface area contributed by atoms with Crippen molar-refractivity contribution < 1.29 is 0 Å². The molecule has 0 radical (unpaired) electrons. The minimum Gasteiger partial charge on any atom is -0.396 e. The highest BCUT2D eigenvalue weighted by molar-refractivity contribution is 14.1. The van der Waals surface area contributed by atoms with Crippen molar-refractivity contribution in [3.8, 4) is 0 Å².